The zero-order valence-electron chi connectivity index (χ0n) is 10.0. The van der Waals surface area contributed by atoms with Crippen molar-refractivity contribution in [1.82, 2.24) is 5.32 Å². The molecule has 0 radical (unpaired) electrons. The van der Waals surface area contributed by atoms with E-state index >= 15 is 0 Å². The van der Waals surface area contributed by atoms with Crippen LogP contribution < -0.4 is 10.4 Å². The smallest absolute Gasteiger partial charge is 0.287 e. The Bertz CT molecular complexity index is 548. The lowest BCUT2D eigenvalue weighted by atomic mass is 10.1. The zero-order valence-corrected chi connectivity index (χ0v) is 10.0. The van der Waals surface area contributed by atoms with Crippen LogP contribution in [0.4, 0.5) is 0 Å². The van der Waals surface area contributed by atoms with Crippen molar-refractivity contribution in [3.8, 4) is 0 Å². The van der Waals surface area contributed by atoms with E-state index in [4.69, 9.17) is 4.42 Å². The van der Waals surface area contributed by atoms with Gasteiger partial charge in [-0.1, -0.05) is 30.3 Å². The van der Waals surface area contributed by atoms with Crippen molar-refractivity contribution in [2.75, 3.05) is 0 Å². The number of hydrogen-bond donors (Lipinski definition) is 1. The van der Waals surface area contributed by atoms with Crippen molar-refractivity contribution in [3.63, 3.8) is 0 Å². The Labute approximate surface area is 109 Å². The van der Waals surface area contributed by atoms with E-state index in [0.29, 0.717) is 0 Å². The molecule has 0 saturated carbocycles. The first-order valence-corrected chi connectivity index (χ1v) is 5.76. The fourth-order valence-corrected chi connectivity index (χ4v) is 1.68. The van der Waals surface area contributed by atoms with Gasteiger partial charge in [0, 0.05) is 0 Å². The van der Waals surface area contributed by atoms with Gasteiger partial charge in [-0.05, 0) is 24.1 Å². The van der Waals surface area contributed by atoms with Gasteiger partial charge < -0.3 is 19.6 Å². The van der Waals surface area contributed by atoms with E-state index in [-0.39, 0.29) is 12.2 Å². The van der Waals surface area contributed by atoms with Crippen LogP contribution in [0.3, 0.4) is 0 Å². The van der Waals surface area contributed by atoms with Gasteiger partial charge in [-0.25, -0.2) is 0 Å². The first-order valence-electron chi connectivity index (χ1n) is 5.76. The summed E-state index contributed by atoms with van der Waals surface area (Å²) in [5, 5.41) is 13.4. The molecule has 5 nitrogen and oxygen atoms in total. The second-order valence-electron chi connectivity index (χ2n) is 4.01. The number of carboxylic acids is 1. The predicted octanol–water partition coefficient (Wildman–Crippen LogP) is 0.371. The van der Waals surface area contributed by atoms with Gasteiger partial charge in [0.2, 0.25) is 0 Å². The Hall–Kier alpha value is -2.56. The van der Waals surface area contributed by atoms with Crippen molar-refractivity contribution >= 4 is 11.9 Å². The van der Waals surface area contributed by atoms with E-state index in [0.717, 1.165) is 5.56 Å². The van der Waals surface area contributed by atoms with Crippen LogP contribution in [-0.4, -0.2) is 17.9 Å². The molecule has 0 fully saturated rings. The molecule has 0 spiro atoms. The van der Waals surface area contributed by atoms with E-state index in [1.807, 2.05) is 6.07 Å². The molecular formula is C14H12NO4-. The van der Waals surface area contributed by atoms with Crippen LogP contribution in [0.1, 0.15) is 16.1 Å². The summed E-state index contributed by atoms with van der Waals surface area (Å²) in [5.41, 5.74) is 0.802. The molecule has 0 unspecified atom stereocenters. The molecule has 5 heteroatoms. The Balaban J connectivity index is 2.05. The monoisotopic (exact) mass is 258 g/mol. The molecule has 19 heavy (non-hydrogen) atoms. The number of aliphatic carboxylic acids is 1. The summed E-state index contributed by atoms with van der Waals surface area (Å²) in [5.74, 6) is -1.83. The predicted molar refractivity (Wildman–Crippen MR) is 65.1 cm³/mol. The second kappa shape index (κ2) is 5.86. The quantitative estimate of drug-likeness (QED) is 0.840. The molecule has 0 aliphatic rings. The Morgan fingerprint density at radius 3 is 2.47 bits per heavy atom. The number of rotatable bonds is 5. The van der Waals surface area contributed by atoms with E-state index in [2.05, 4.69) is 5.32 Å². The van der Waals surface area contributed by atoms with Crippen LogP contribution >= 0.6 is 0 Å². The van der Waals surface area contributed by atoms with Crippen LogP contribution in [0.25, 0.3) is 0 Å². The van der Waals surface area contributed by atoms with Gasteiger partial charge in [-0.3, -0.25) is 4.79 Å². The second-order valence-corrected chi connectivity index (χ2v) is 4.01. The number of amides is 1. The number of carbonyl (C=O) groups is 2. The maximum Gasteiger partial charge on any atom is 0.287 e. The molecule has 0 aliphatic heterocycles. The highest BCUT2D eigenvalue weighted by molar-refractivity contribution is 5.94. The van der Waals surface area contributed by atoms with Crippen LogP contribution in [0.15, 0.2) is 53.1 Å². The van der Waals surface area contributed by atoms with Gasteiger partial charge >= 0.3 is 0 Å². The molecule has 2 aromatic rings. The minimum Gasteiger partial charge on any atom is -0.548 e. The zero-order chi connectivity index (χ0) is 13.7. The molecule has 0 aliphatic carbocycles. The molecule has 98 valence electrons. The minimum absolute atomic E-state index is 0.0688. The summed E-state index contributed by atoms with van der Waals surface area (Å²) in [4.78, 5) is 22.8. The van der Waals surface area contributed by atoms with Crippen molar-refractivity contribution in [2.24, 2.45) is 0 Å². The SMILES string of the molecule is O=C(N[C@@H](Cc1ccccc1)C(=O)[O-])c1ccco1. The normalized spacial score (nSPS) is 11.8. The summed E-state index contributed by atoms with van der Waals surface area (Å²) < 4.78 is 4.90. The van der Waals surface area contributed by atoms with E-state index in [9.17, 15) is 14.7 Å². The third-order valence-corrected chi connectivity index (χ3v) is 2.62. The maximum atomic E-state index is 11.7. The minimum atomic E-state index is -1.33. The number of benzene rings is 1. The van der Waals surface area contributed by atoms with Crippen molar-refractivity contribution in [3.05, 3.63) is 60.1 Å². The molecule has 1 amide bonds. The lowest BCUT2D eigenvalue weighted by Crippen LogP contribution is -2.49. The van der Waals surface area contributed by atoms with Gasteiger partial charge in [-0.15, -0.1) is 0 Å². The van der Waals surface area contributed by atoms with Crippen LogP contribution in [-0.2, 0) is 11.2 Å². The lowest BCUT2D eigenvalue weighted by molar-refractivity contribution is -0.308. The van der Waals surface area contributed by atoms with Crippen molar-refractivity contribution in [2.45, 2.75) is 12.5 Å². The fraction of sp³-hybridized carbons (Fsp3) is 0.143. The highest BCUT2D eigenvalue weighted by Crippen LogP contribution is 2.05. The number of furan rings is 1. The van der Waals surface area contributed by atoms with Gasteiger partial charge in [-0.2, -0.15) is 0 Å². The molecule has 0 bridgehead atoms. The summed E-state index contributed by atoms with van der Waals surface area (Å²) in [7, 11) is 0. The Morgan fingerprint density at radius 1 is 1.16 bits per heavy atom. The molecule has 1 heterocycles. The topological polar surface area (TPSA) is 82.4 Å². The highest BCUT2D eigenvalue weighted by atomic mass is 16.4. The molecule has 1 aromatic carbocycles. The molecule has 1 N–H and O–H groups in total. The first-order chi connectivity index (χ1) is 9.16. The number of nitrogens with one attached hydrogen (secondary N) is 1. The van der Waals surface area contributed by atoms with E-state index < -0.39 is 17.9 Å². The summed E-state index contributed by atoms with van der Waals surface area (Å²) in [6.07, 6.45) is 1.51. The highest BCUT2D eigenvalue weighted by Gasteiger charge is 2.16. The maximum absolute atomic E-state index is 11.7. The Kier molecular flexibility index (Phi) is 3.97. The molecule has 1 atom stereocenters. The summed E-state index contributed by atoms with van der Waals surface area (Å²) >= 11 is 0. The van der Waals surface area contributed by atoms with E-state index in [1.54, 1.807) is 30.3 Å². The van der Waals surface area contributed by atoms with Gasteiger partial charge in [0.1, 0.15) is 0 Å². The van der Waals surface area contributed by atoms with Crippen molar-refractivity contribution in [1.29, 1.82) is 0 Å². The lowest BCUT2D eigenvalue weighted by Gasteiger charge is -2.19. The van der Waals surface area contributed by atoms with E-state index in [1.165, 1.54) is 12.3 Å². The average molecular weight is 258 g/mol. The van der Waals surface area contributed by atoms with Crippen LogP contribution in [0, 0.1) is 0 Å². The van der Waals surface area contributed by atoms with Gasteiger partial charge in [0.15, 0.2) is 5.76 Å². The molecule has 0 saturated heterocycles. The van der Waals surface area contributed by atoms with Gasteiger partial charge in [0.25, 0.3) is 5.91 Å². The fourth-order valence-electron chi connectivity index (χ4n) is 1.68. The molecule has 2 rings (SSSR count). The van der Waals surface area contributed by atoms with Crippen LogP contribution in [0.2, 0.25) is 0 Å². The number of carboxylic acid groups (broad SMARTS) is 1. The molecule has 1 aromatic heterocycles. The summed E-state index contributed by atoms with van der Waals surface area (Å²) in [6.45, 7) is 0. The summed E-state index contributed by atoms with van der Waals surface area (Å²) in [6, 6.07) is 10.9. The third-order valence-electron chi connectivity index (χ3n) is 2.62. The van der Waals surface area contributed by atoms with Gasteiger partial charge in [0.05, 0.1) is 18.3 Å². The van der Waals surface area contributed by atoms with Crippen molar-refractivity contribution < 1.29 is 19.1 Å². The standard InChI is InChI=1S/C14H13NO4/c16-13(12-7-4-8-19-12)15-11(14(17)18)9-10-5-2-1-3-6-10/h1-8,11H,9H2,(H,15,16)(H,17,18)/p-1/t11-/m0/s1. The third kappa shape index (κ3) is 3.45. The Morgan fingerprint density at radius 2 is 1.89 bits per heavy atom. The molecular weight excluding hydrogens is 246 g/mol. The average Bonchev–Trinajstić information content (AvgIpc) is 2.93. The number of hydrogen-bond acceptors (Lipinski definition) is 4. The van der Waals surface area contributed by atoms with Crippen LogP contribution in [0.5, 0.6) is 0 Å². The largest absolute Gasteiger partial charge is 0.548 e. The number of carbonyl (C=O) groups excluding carboxylic acids is 2. The first kappa shape index (κ1) is 12.9.